The van der Waals surface area contributed by atoms with Crippen molar-refractivity contribution in [1.29, 1.82) is 0 Å². The highest BCUT2D eigenvalue weighted by Crippen LogP contribution is 2.26. The van der Waals surface area contributed by atoms with E-state index < -0.39 is 5.91 Å². The van der Waals surface area contributed by atoms with Crippen LogP contribution in [0.2, 0.25) is 0 Å². The van der Waals surface area contributed by atoms with E-state index in [1.165, 1.54) is 16.8 Å². The maximum atomic E-state index is 12.6. The van der Waals surface area contributed by atoms with Gasteiger partial charge in [0.05, 0.1) is 25.0 Å². The molecule has 0 aliphatic heterocycles. The van der Waals surface area contributed by atoms with Gasteiger partial charge in [0, 0.05) is 29.8 Å². The van der Waals surface area contributed by atoms with E-state index in [2.05, 4.69) is 15.5 Å². The predicted molar refractivity (Wildman–Crippen MR) is 145 cm³/mol. The van der Waals surface area contributed by atoms with Gasteiger partial charge in [-0.05, 0) is 47.2 Å². The van der Waals surface area contributed by atoms with E-state index in [4.69, 9.17) is 4.74 Å². The number of carbonyl (C=O) groups is 1. The number of benzene rings is 3. The summed E-state index contributed by atoms with van der Waals surface area (Å²) in [6, 6.07) is 27.3. The van der Waals surface area contributed by atoms with Crippen LogP contribution in [0, 0.1) is 0 Å². The van der Waals surface area contributed by atoms with Crippen LogP contribution in [0.4, 0.5) is 0 Å². The number of nitrogens with one attached hydrogen (secondary N) is 1. The number of carbonyl (C=O) groups excluding carboxylic acids is 1. The molecule has 1 amide bonds. The van der Waals surface area contributed by atoms with Gasteiger partial charge in [-0.15, -0.1) is 0 Å². The van der Waals surface area contributed by atoms with Gasteiger partial charge in [0.15, 0.2) is 0 Å². The number of ether oxygens (including phenoxy) is 1. The number of amides is 1. The van der Waals surface area contributed by atoms with E-state index >= 15 is 0 Å². The summed E-state index contributed by atoms with van der Waals surface area (Å²) in [6.45, 7) is 0.0914. The fourth-order valence-corrected chi connectivity index (χ4v) is 4.17. The van der Waals surface area contributed by atoms with Crippen molar-refractivity contribution in [3.63, 3.8) is 0 Å². The first-order valence-corrected chi connectivity index (χ1v) is 12.1. The highest BCUT2D eigenvalue weighted by Gasteiger charge is 2.11. The molecule has 0 fully saturated rings. The van der Waals surface area contributed by atoms with Crippen molar-refractivity contribution in [2.75, 3.05) is 13.7 Å². The lowest BCUT2D eigenvalue weighted by Crippen LogP contribution is -2.36. The molecule has 0 spiro atoms. The second kappa shape index (κ2) is 10.9. The van der Waals surface area contributed by atoms with Crippen LogP contribution in [-0.4, -0.2) is 39.1 Å². The van der Waals surface area contributed by atoms with Crippen LogP contribution >= 0.6 is 0 Å². The Morgan fingerprint density at radius 2 is 1.47 bits per heavy atom. The molecule has 0 atom stereocenters. The molecule has 0 bridgehead atoms. The molecule has 9 heteroatoms. The molecule has 0 aliphatic rings. The largest absolute Gasteiger partial charge is 0.497 e. The molecule has 5 aromatic rings. The van der Waals surface area contributed by atoms with Crippen LogP contribution in [-0.2, 0) is 17.9 Å². The summed E-state index contributed by atoms with van der Waals surface area (Å²) < 4.78 is 7.61. The van der Waals surface area contributed by atoms with Gasteiger partial charge < -0.3 is 10.1 Å². The first-order valence-electron chi connectivity index (χ1n) is 12.1. The standard InChI is InChI=1S/C29H25N5O4/c1-38-22-11-9-21(10-12-22)25-13-15-28(36)33(31-25)18-17-30-27(35)19-34-29(37)16-14-26(32-34)24-8-4-6-20-5-2-3-7-23(20)24/h2-16H,17-19H2,1H3,(H,30,35). The average Bonchev–Trinajstić information content (AvgIpc) is 2.95. The van der Waals surface area contributed by atoms with Gasteiger partial charge >= 0.3 is 0 Å². The third-order valence-corrected chi connectivity index (χ3v) is 6.12. The third kappa shape index (κ3) is 5.36. The Bertz CT molecular complexity index is 1720. The fraction of sp³-hybridized carbons (Fsp3) is 0.138. The van der Waals surface area contributed by atoms with Gasteiger partial charge in [0.1, 0.15) is 12.3 Å². The van der Waals surface area contributed by atoms with Gasteiger partial charge in [-0.2, -0.15) is 10.2 Å². The fourth-order valence-electron chi connectivity index (χ4n) is 4.17. The molecule has 1 N–H and O–H groups in total. The lowest BCUT2D eigenvalue weighted by Gasteiger charge is -2.11. The summed E-state index contributed by atoms with van der Waals surface area (Å²) in [5.74, 6) is 0.329. The Morgan fingerprint density at radius 1 is 0.789 bits per heavy atom. The van der Waals surface area contributed by atoms with Gasteiger partial charge in [-0.25, -0.2) is 9.36 Å². The van der Waals surface area contributed by atoms with E-state index in [0.717, 1.165) is 32.3 Å². The minimum atomic E-state index is -0.394. The maximum absolute atomic E-state index is 12.6. The number of aromatic nitrogens is 4. The van der Waals surface area contributed by atoms with Crippen LogP contribution in [0.25, 0.3) is 33.3 Å². The summed E-state index contributed by atoms with van der Waals surface area (Å²) in [4.78, 5) is 37.3. The summed E-state index contributed by atoms with van der Waals surface area (Å²) in [7, 11) is 1.59. The zero-order chi connectivity index (χ0) is 26.5. The highest BCUT2D eigenvalue weighted by molar-refractivity contribution is 5.95. The minimum Gasteiger partial charge on any atom is -0.497 e. The van der Waals surface area contributed by atoms with Crippen molar-refractivity contribution in [3.05, 3.63) is 112 Å². The number of hydrogen-bond donors (Lipinski definition) is 1. The zero-order valence-electron chi connectivity index (χ0n) is 20.7. The van der Waals surface area contributed by atoms with E-state index in [1.807, 2.05) is 66.7 Å². The van der Waals surface area contributed by atoms with Gasteiger partial charge in [0.2, 0.25) is 5.91 Å². The molecule has 3 aromatic carbocycles. The molecular weight excluding hydrogens is 482 g/mol. The lowest BCUT2D eigenvalue weighted by atomic mass is 10.0. The van der Waals surface area contributed by atoms with Crippen molar-refractivity contribution in [2.45, 2.75) is 13.1 Å². The first-order chi connectivity index (χ1) is 18.5. The number of methoxy groups -OCH3 is 1. The molecule has 0 unspecified atom stereocenters. The molecule has 2 aromatic heterocycles. The van der Waals surface area contributed by atoms with Crippen molar-refractivity contribution in [2.24, 2.45) is 0 Å². The van der Waals surface area contributed by atoms with Crippen molar-refractivity contribution in [3.8, 4) is 28.3 Å². The van der Waals surface area contributed by atoms with E-state index in [1.54, 1.807) is 19.2 Å². The molecule has 0 saturated heterocycles. The highest BCUT2D eigenvalue weighted by atomic mass is 16.5. The Balaban J connectivity index is 1.26. The summed E-state index contributed by atoms with van der Waals surface area (Å²) >= 11 is 0. The molecule has 0 saturated carbocycles. The lowest BCUT2D eigenvalue weighted by molar-refractivity contribution is -0.121. The predicted octanol–water partition coefficient (Wildman–Crippen LogP) is 3.11. The maximum Gasteiger partial charge on any atom is 0.267 e. The summed E-state index contributed by atoms with van der Waals surface area (Å²) in [6.07, 6.45) is 0. The minimum absolute atomic E-state index is 0.162. The molecule has 0 aliphatic carbocycles. The average molecular weight is 508 g/mol. The van der Waals surface area contributed by atoms with Crippen molar-refractivity contribution in [1.82, 2.24) is 24.9 Å². The van der Waals surface area contributed by atoms with Gasteiger partial charge in [0.25, 0.3) is 11.1 Å². The van der Waals surface area contributed by atoms with Crippen LogP contribution in [0.5, 0.6) is 5.75 Å². The zero-order valence-corrected chi connectivity index (χ0v) is 20.7. The Labute approximate surface area is 217 Å². The van der Waals surface area contributed by atoms with Gasteiger partial charge in [-0.1, -0.05) is 42.5 Å². The number of fused-ring (bicyclic) bond motifs is 1. The van der Waals surface area contributed by atoms with E-state index in [-0.39, 0.29) is 30.8 Å². The molecule has 2 heterocycles. The van der Waals surface area contributed by atoms with Crippen molar-refractivity contribution < 1.29 is 9.53 Å². The molecular formula is C29H25N5O4. The Morgan fingerprint density at radius 3 is 2.26 bits per heavy atom. The Kier molecular flexibility index (Phi) is 7.08. The van der Waals surface area contributed by atoms with E-state index in [9.17, 15) is 14.4 Å². The van der Waals surface area contributed by atoms with Crippen LogP contribution in [0.3, 0.4) is 0 Å². The summed E-state index contributed by atoms with van der Waals surface area (Å²) in [5.41, 5.74) is 2.27. The quantitative estimate of drug-likeness (QED) is 0.346. The number of hydrogen-bond acceptors (Lipinski definition) is 6. The smallest absolute Gasteiger partial charge is 0.267 e. The van der Waals surface area contributed by atoms with Crippen LogP contribution in [0.1, 0.15) is 0 Å². The first kappa shape index (κ1) is 24.6. The normalized spacial score (nSPS) is 10.9. The third-order valence-electron chi connectivity index (χ3n) is 6.12. The van der Waals surface area contributed by atoms with E-state index in [0.29, 0.717) is 11.4 Å². The molecule has 190 valence electrons. The van der Waals surface area contributed by atoms with Crippen LogP contribution < -0.4 is 21.2 Å². The number of nitrogens with zero attached hydrogens (tertiary/aromatic N) is 4. The molecule has 9 nitrogen and oxygen atoms in total. The summed E-state index contributed by atoms with van der Waals surface area (Å²) in [5, 5.41) is 13.7. The van der Waals surface area contributed by atoms with Crippen LogP contribution in [0.15, 0.2) is 101 Å². The molecule has 38 heavy (non-hydrogen) atoms. The SMILES string of the molecule is COc1ccc(-c2ccc(=O)n(CCNC(=O)Cn3nc(-c4cccc5ccccc45)ccc3=O)n2)cc1. The van der Waals surface area contributed by atoms with Gasteiger partial charge in [-0.3, -0.25) is 14.4 Å². The second-order valence-electron chi connectivity index (χ2n) is 8.60. The monoisotopic (exact) mass is 507 g/mol. The second-order valence-corrected chi connectivity index (χ2v) is 8.60. The molecule has 0 radical (unpaired) electrons. The molecule has 5 rings (SSSR count). The van der Waals surface area contributed by atoms with Crippen molar-refractivity contribution >= 4 is 16.7 Å². The number of rotatable bonds is 8. The Hall–Kier alpha value is -5.05. The topological polar surface area (TPSA) is 108 Å².